The monoisotopic (exact) mass is 528 g/mol. The van der Waals surface area contributed by atoms with Gasteiger partial charge >= 0.3 is 11.9 Å². The molecule has 2 rings (SSSR count). The van der Waals surface area contributed by atoms with E-state index in [1.165, 1.54) is 69.9 Å². The van der Waals surface area contributed by atoms with Crippen LogP contribution >= 0.6 is 0 Å². The van der Waals surface area contributed by atoms with Crippen molar-refractivity contribution in [2.24, 2.45) is 0 Å². The summed E-state index contributed by atoms with van der Waals surface area (Å²) in [4.78, 5) is 31.9. The standard InChI is InChI=1S/C15H21NO4.C15H23NO2/c1-2-3-4-5-6-7-8-12-9-10-13(15(17)18)14(11-12)16(19)20;1-2-3-4-5-6-7-8-12-9-10-13(15(17)18)14(16)11-12/h9-11H,2-8H2,1H3,(H,17,18);9-11H,2-8,16H2,1H3,(H,17,18). The molecule has 0 spiro atoms. The molecule has 0 saturated carbocycles. The molecule has 0 unspecified atom stereocenters. The van der Waals surface area contributed by atoms with Crippen LogP contribution in [0, 0.1) is 10.1 Å². The van der Waals surface area contributed by atoms with E-state index >= 15 is 0 Å². The minimum atomic E-state index is -1.26. The maximum atomic E-state index is 10.9. The fourth-order valence-corrected chi connectivity index (χ4v) is 4.25. The third-order valence-corrected chi connectivity index (χ3v) is 6.47. The van der Waals surface area contributed by atoms with Crippen LogP contribution in [0.1, 0.15) is 123 Å². The number of nitro groups is 1. The number of nitrogens with zero attached hydrogens (tertiary/aromatic N) is 1. The zero-order valence-corrected chi connectivity index (χ0v) is 22.9. The molecule has 0 radical (unpaired) electrons. The molecule has 0 saturated heterocycles. The van der Waals surface area contributed by atoms with Gasteiger partial charge in [-0.05, 0) is 55.0 Å². The van der Waals surface area contributed by atoms with Gasteiger partial charge in [-0.15, -0.1) is 0 Å². The van der Waals surface area contributed by atoms with Crippen molar-refractivity contribution in [3.8, 4) is 0 Å². The molecule has 8 nitrogen and oxygen atoms in total. The summed E-state index contributed by atoms with van der Waals surface area (Å²) in [5.41, 5.74) is 7.67. The number of nitro benzene ring substituents is 1. The van der Waals surface area contributed by atoms with Gasteiger partial charge in [0.25, 0.3) is 5.69 Å². The average Bonchev–Trinajstić information content (AvgIpc) is 2.88. The molecule has 4 N–H and O–H groups in total. The summed E-state index contributed by atoms with van der Waals surface area (Å²) >= 11 is 0. The van der Waals surface area contributed by atoms with E-state index < -0.39 is 16.9 Å². The quantitative estimate of drug-likeness (QED) is 0.0814. The van der Waals surface area contributed by atoms with Gasteiger partial charge in [-0.1, -0.05) is 90.2 Å². The maximum absolute atomic E-state index is 10.9. The Bertz CT molecular complexity index is 1020. The summed E-state index contributed by atoms with van der Waals surface area (Å²) in [5.74, 6) is -2.22. The molecule has 210 valence electrons. The number of aryl methyl sites for hydroxylation is 2. The van der Waals surface area contributed by atoms with Crippen molar-refractivity contribution in [2.75, 3.05) is 5.73 Å². The number of carboxylic acids is 2. The van der Waals surface area contributed by atoms with Crippen LogP contribution in [0.4, 0.5) is 11.4 Å². The number of rotatable bonds is 17. The number of unbranched alkanes of at least 4 members (excludes halogenated alkanes) is 10. The maximum Gasteiger partial charge on any atom is 0.342 e. The number of nitrogen functional groups attached to an aromatic ring is 1. The molecule has 2 aromatic rings. The number of hydrogen-bond donors (Lipinski definition) is 3. The molecule has 2 aromatic carbocycles. The fraction of sp³-hybridized carbons (Fsp3) is 0.533. The molecular formula is C30H44N2O6. The molecule has 8 heteroatoms. The second-order valence-corrected chi connectivity index (χ2v) is 9.68. The molecular weight excluding hydrogens is 484 g/mol. The summed E-state index contributed by atoms with van der Waals surface area (Å²) in [7, 11) is 0. The highest BCUT2D eigenvalue weighted by Crippen LogP contribution is 2.22. The Kier molecular flexibility index (Phi) is 16.1. The smallest absolute Gasteiger partial charge is 0.342 e. The molecule has 0 atom stereocenters. The first-order valence-electron chi connectivity index (χ1n) is 13.8. The first-order valence-corrected chi connectivity index (χ1v) is 13.8. The molecule has 0 aliphatic carbocycles. The molecule has 0 amide bonds. The minimum absolute atomic E-state index is 0.196. The number of hydrogen-bond acceptors (Lipinski definition) is 5. The molecule has 0 heterocycles. The van der Waals surface area contributed by atoms with Gasteiger partial charge in [0.2, 0.25) is 0 Å². The highest BCUT2D eigenvalue weighted by Gasteiger charge is 2.19. The summed E-state index contributed by atoms with van der Waals surface area (Å²) in [5, 5.41) is 28.6. The average molecular weight is 529 g/mol. The lowest BCUT2D eigenvalue weighted by atomic mass is 10.0. The van der Waals surface area contributed by atoms with E-state index in [0.717, 1.165) is 43.2 Å². The first-order chi connectivity index (χ1) is 18.2. The van der Waals surface area contributed by atoms with Crippen LogP contribution in [-0.2, 0) is 12.8 Å². The fourth-order valence-electron chi connectivity index (χ4n) is 4.25. The van der Waals surface area contributed by atoms with Crippen molar-refractivity contribution >= 4 is 23.3 Å². The van der Waals surface area contributed by atoms with Crippen molar-refractivity contribution in [3.05, 3.63) is 68.8 Å². The van der Waals surface area contributed by atoms with Crippen molar-refractivity contribution in [1.29, 1.82) is 0 Å². The Balaban J connectivity index is 0.000000382. The predicted octanol–water partition coefficient (Wildman–Crippen LogP) is 8.07. The Morgan fingerprint density at radius 2 is 1.13 bits per heavy atom. The topological polar surface area (TPSA) is 144 Å². The van der Waals surface area contributed by atoms with Crippen LogP contribution in [0.15, 0.2) is 36.4 Å². The SMILES string of the molecule is CCCCCCCCc1ccc(C(=O)O)c(N)c1.CCCCCCCCc1ccc(C(=O)O)c([N+](=O)[O-])c1. The third-order valence-electron chi connectivity index (χ3n) is 6.47. The molecule has 0 aromatic heterocycles. The predicted molar refractivity (Wildman–Crippen MR) is 152 cm³/mol. The van der Waals surface area contributed by atoms with Gasteiger partial charge in [0.15, 0.2) is 0 Å². The van der Waals surface area contributed by atoms with E-state index in [1.54, 1.807) is 18.2 Å². The van der Waals surface area contributed by atoms with E-state index in [4.69, 9.17) is 15.9 Å². The third kappa shape index (κ3) is 12.7. The molecule has 0 fully saturated rings. The van der Waals surface area contributed by atoms with Crippen LogP contribution < -0.4 is 5.73 Å². The Hall–Kier alpha value is -3.42. The van der Waals surface area contributed by atoms with Crippen LogP contribution in [0.3, 0.4) is 0 Å². The molecule has 0 bridgehead atoms. The van der Waals surface area contributed by atoms with Crippen LogP contribution in [-0.4, -0.2) is 27.1 Å². The number of nitrogens with two attached hydrogens (primary N) is 1. The van der Waals surface area contributed by atoms with Crippen molar-refractivity contribution in [3.63, 3.8) is 0 Å². The van der Waals surface area contributed by atoms with Crippen LogP contribution in [0.2, 0.25) is 0 Å². The second-order valence-electron chi connectivity index (χ2n) is 9.68. The lowest BCUT2D eigenvalue weighted by Crippen LogP contribution is -2.03. The van der Waals surface area contributed by atoms with Gasteiger partial charge in [-0.2, -0.15) is 0 Å². The van der Waals surface area contributed by atoms with Crippen molar-refractivity contribution in [2.45, 2.75) is 104 Å². The largest absolute Gasteiger partial charge is 0.478 e. The highest BCUT2D eigenvalue weighted by atomic mass is 16.6. The Labute approximate surface area is 226 Å². The number of carboxylic acid groups (broad SMARTS) is 2. The lowest BCUT2D eigenvalue weighted by molar-refractivity contribution is -0.385. The van der Waals surface area contributed by atoms with Gasteiger partial charge in [0.1, 0.15) is 5.56 Å². The van der Waals surface area contributed by atoms with Gasteiger partial charge in [-0.3, -0.25) is 10.1 Å². The zero-order chi connectivity index (χ0) is 28.3. The summed E-state index contributed by atoms with van der Waals surface area (Å²) in [6, 6.07) is 9.64. The van der Waals surface area contributed by atoms with E-state index in [9.17, 15) is 19.7 Å². The summed E-state index contributed by atoms with van der Waals surface area (Å²) in [6.45, 7) is 4.38. The van der Waals surface area contributed by atoms with Crippen LogP contribution in [0.25, 0.3) is 0 Å². The lowest BCUT2D eigenvalue weighted by Gasteiger charge is -2.05. The Morgan fingerprint density at radius 1 is 0.711 bits per heavy atom. The Morgan fingerprint density at radius 3 is 1.55 bits per heavy atom. The molecule has 0 aliphatic rings. The van der Waals surface area contributed by atoms with E-state index in [1.807, 2.05) is 6.07 Å². The van der Waals surface area contributed by atoms with Crippen LogP contribution in [0.5, 0.6) is 0 Å². The summed E-state index contributed by atoms with van der Waals surface area (Å²) in [6.07, 6.45) is 16.3. The van der Waals surface area contributed by atoms with E-state index in [2.05, 4.69) is 13.8 Å². The number of benzene rings is 2. The second kappa shape index (κ2) is 18.8. The van der Waals surface area contributed by atoms with Gasteiger partial charge in [-0.25, -0.2) is 9.59 Å². The van der Waals surface area contributed by atoms with Crippen molar-refractivity contribution < 1.29 is 24.7 Å². The number of anilines is 1. The summed E-state index contributed by atoms with van der Waals surface area (Å²) < 4.78 is 0. The zero-order valence-electron chi connectivity index (χ0n) is 22.9. The van der Waals surface area contributed by atoms with Gasteiger partial charge < -0.3 is 15.9 Å². The number of aromatic carboxylic acids is 2. The number of carbonyl (C=O) groups is 2. The molecule has 38 heavy (non-hydrogen) atoms. The first kappa shape index (κ1) is 32.6. The van der Waals surface area contributed by atoms with Gasteiger partial charge in [0, 0.05) is 11.8 Å². The van der Waals surface area contributed by atoms with Gasteiger partial charge in [0.05, 0.1) is 10.5 Å². The highest BCUT2D eigenvalue weighted by molar-refractivity contribution is 5.93. The van der Waals surface area contributed by atoms with Crippen molar-refractivity contribution in [1.82, 2.24) is 0 Å². The molecule has 0 aliphatic heterocycles. The van der Waals surface area contributed by atoms with E-state index in [-0.39, 0.29) is 16.8 Å². The normalized spacial score (nSPS) is 10.5. The van der Waals surface area contributed by atoms with E-state index in [0.29, 0.717) is 5.69 Å². The minimum Gasteiger partial charge on any atom is -0.478 e.